The minimum absolute atomic E-state index is 0.0374. The van der Waals surface area contributed by atoms with Crippen LogP contribution in [0.3, 0.4) is 0 Å². The minimum Gasteiger partial charge on any atom is -0.363 e. The Morgan fingerprint density at radius 3 is 2.64 bits per heavy atom. The first kappa shape index (κ1) is 17.8. The summed E-state index contributed by atoms with van der Waals surface area (Å²) in [5.41, 5.74) is 8.22. The zero-order valence-electron chi connectivity index (χ0n) is 14.7. The van der Waals surface area contributed by atoms with Crippen molar-refractivity contribution in [1.29, 1.82) is 0 Å². The standard InChI is InChI=1S/C19H16N6O2S/c20-18(27)19-23-15(24-25-19)10-21-16(26)9-17-22-13-7-6-12(8-14(13)28-17)11-4-2-1-3-5-11/h1-8H,9-10H2,(H2,20,27)(H,21,26)(H,23,24,25). The van der Waals surface area contributed by atoms with Crippen molar-refractivity contribution in [3.05, 3.63) is 65.2 Å². The molecule has 4 rings (SSSR count). The molecule has 0 atom stereocenters. The Morgan fingerprint density at radius 1 is 1.07 bits per heavy atom. The van der Waals surface area contributed by atoms with E-state index >= 15 is 0 Å². The van der Waals surface area contributed by atoms with Gasteiger partial charge in [0.25, 0.3) is 5.91 Å². The number of thiazole rings is 1. The van der Waals surface area contributed by atoms with Crippen molar-refractivity contribution in [2.45, 2.75) is 13.0 Å². The summed E-state index contributed by atoms with van der Waals surface area (Å²) >= 11 is 1.50. The summed E-state index contributed by atoms with van der Waals surface area (Å²) in [7, 11) is 0. The zero-order valence-corrected chi connectivity index (χ0v) is 15.5. The van der Waals surface area contributed by atoms with Gasteiger partial charge in [0.2, 0.25) is 11.7 Å². The Balaban J connectivity index is 1.42. The van der Waals surface area contributed by atoms with Crippen LogP contribution in [0.15, 0.2) is 48.5 Å². The van der Waals surface area contributed by atoms with Crippen LogP contribution in [-0.4, -0.2) is 32.0 Å². The van der Waals surface area contributed by atoms with Gasteiger partial charge in [-0.2, -0.15) is 0 Å². The van der Waals surface area contributed by atoms with Crippen molar-refractivity contribution in [3.8, 4) is 11.1 Å². The number of H-pyrrole nitrogens is 1. The third-order valence-electron chi connectivity index (χ3n) is 4.07. The van der Waals surface area contributed by atoms with Crippen molar-refractivity contribution >= 4 is 33.4 Å². The van der Waals surface area contributed by atoms with Gasteiger partial charge in [0.05, 0.1) is 23.2 Å². The first-order valence-electron chi connectivity index (χ1n) is 8.51. The molecule has 0 radical (unpaired) electrons. The number of carbonyl (C=O) groups excluding carboxylic acids is 2. The predicted octanol–water partition coefficient (Wildman–Crippen LogP) is 2.04. The van der Waals surface area contributed by atoms with Gasteiger partial charge in [-0.3, -0.25) is 9.59 Å². The summed E-state index contributed by atoms with van der Waals surface area (Å²) in [6.45, 7) is 0.127. The molecule has 4 aromatic rings. The first-order chi connectivity index (χ1) is 13.6. The van der Waals surface area contributed by atoms with Gasteiger partial charge in [-0.15, -0.1) is 21.5 Å². The number of hydrogen-bond acceptors (Lipinski definition) is 6. The molecule has 0 unspecified atom stereocenters. The summed E-state index contributed by atoms with van der Waals surface area (Å²) in [6, 6.07) is 16.2. The summed E-state index contributed by atoms with van der Waals surface area (Å²) in [4.78, 5) is 30.4. The number of aromatic amines is 1. The number of benzene rings is 2. The van der Waals surface area contributed by atoms with Crippen LogP contribution in [0.25, 0.3) is 21.3 Å². The molecule has 9 heteroatoms. The maximum Gasteiger partial charge on any atom is 0.286 e. The van der Waals surface area contributed by atoms with Crippen LogP contribution in [0.1, 0.15) is 21.5 Å². The Hall–Kier alpha value is -3.59. The highest BCUT2D eigenvalue weighted by Crippen LogP contribution is 2.28. The summed E-state index contributed by atoms with van der Waals surface area (Å²) < 4.78 is 1.03. The van der Waals surface area contributed by atoms with E-state index in [1.807, 2.05) is 30.3 Å². The molecule has 2 heterocycles. The number of rotatable bonds is 6. The Morgan fingerprint density at radius 2 is 1.89 bits per heavy atom. The third kappa shape index (κ3) is 3.89. The largest absolute Gasteiger partial charge is 0.363 e. The minimum atomic E-state index is -0.700. The second-order valence-corrected chi connectivity index (χ2v) is 7.21. The summed E-state index contributed by atoms with van der Waals surface area (Å²) in [6.07, 6.45) is 0.164. The van der Waals surface area contributed by atoms with Crippen molar-refractivity contribution < 1.29 is 9.59 Å². The van der Waals surface area contributed by atoms with Gasteiger partial charge >= 0.3 is 0 Å². The average Bonchev–Trinajstić information content (AvgIpc) is 3.33. The molecule has 4 N–H and O–H groups in total. The molecule has 8 nitrogen and oxygen atoms in total. The van der Waals surface area contributed by atoms with E-state index in [1.165, 1.54) is 11.3 Å². The van der Waals surface area contributed by atoms with E-state index in [1.54, 1.807) is 0 Å². The molecular weight excluding hydrogens is 376 g/mol. The first-order valence-corrected chi connectivity index (χ1v) is 9.33. The van der Waals surface area contributed by atoms with Gasteiger partial charge in [-0.05, 0) is 23.3 Å². The molecule has 0 aliphatic rings. The highest BCUT2D eigenvalue weighted by molar-refractivity contribution is 7.18. The Kier molecular flexibility index (Phi) is 4.81. The second kappa shape index (κ2) is 7.57. The molecular formula is C19H16N6O2S. The van der Waals surface area contributed by atoms with Crippen LogP contribution in [0.5, 0.6) is 0 Å². The van der Waals surface area contributed by atoms with Gasteiger partial charge in [0.15, 0.2) is 0 Å². The molecule has 0 saturated carbocycles. The average molecular weight is 392 g/mol. The molecule has 0 saturated heterocycles. The topological polar surface area (TPSA) is 127 Å². The molecule has 140 valence electrons. The van der Waals surface area contributed by atoms with Gasteiger partial charge in [0, 0.05) is 0 Å². The number of carbonyl (C=O) groups is 2. The molecule has 0 bridgehead atoms. The molecule has 2 amide bonds. The van der Waals surface area contributed by atoms with Crippen molar-refractivity contribution in [2.75, 3.05) is 0 Å². The molecule has 0 aliphatic carbocycles. The lowest BCUT2D eigenvalue weighted by molar-refractivity contribution is -0.120. The molecule has 0 fully saturated rings. The number of amides is 2. The van der Waals surface area contributed by atoms with Crippen LogP contribution in [0, 0.1) is 0 Å². The Bertz CT molecular complexity index is 1150. The molecule has 0 aliphatic heterocycles. The third-order valence-corrected chi connectivity index (χ3v) is 5.09. The van der Waals surface area contributed by atoms with Crippen LogP contribution in [0.4, 0.5) is 0 Å². The van der Waals surface area contributed by atoms with E-state index in [0.717, 1.165) is 26.4 Å². The zero-order chi connectivity index (χ0) is 19.5. The van der Waals surface area contributed by atoms with E-state index in [4.69, 9.17) is 5.73 Å². The van der Waals surface area contributed by atoms with E-state index < -0.39 is 5.91 Å². The number of hydrogen-bond donors (Lipinski definition) is 3. The number of nitrogens with two attached hydrogens (primary N) is 1. The highest BCUT2D eigenvalue weighted by Gasteiger charge is 2.12. The number of nitrogens with zero attached hydrogens (tertiary/aromatic N) is 3. The van der Waals surface area contributed by atoms with Gasteiger partial charge in [0.1, 0.15) is 10.8 Å². The van der Waals surface area contributed by atoms with Crippen molar-refractivity contribution in [1.82, 2.24) is 25.5 Å². The van der Waals surface area contributed by atoms with Gasteiger partial charge in [-0.1, -0.05) is 36.4 Å². The number of nitrogens with one attached hydrogen (secondary N) is 2. The van der Waals surface area contributed by atoms with Crippen LogP contribution < -0.4 is 11.1 Å². The van der Waals surface area contributed by atoms with Crippen LogP contribution >= 0.6 is 11.3 Å². The van der Waals surface area contributed by atoms with Crippen LogP contribution in [0.2, 0.25) is 0 Å². The monoisotopic (exact) mass is 392 g/mol. The summed E-state index contributed by atoms with van der Waals surface area (Å²) in [5, 5.41) is 10.8. The lowest BCUT2D eigenvalue weighted by atomic mass is 10.1. The number of aromatic nitrogens is 4. The number of fused-ring (bicyclic) bond motifs is 1. The predicted molar refractivity (Wildman–Crippen MR) is 106 cm³/mol. The molecule has 2 aromatic heterocycles. The Labute approximate surface area is 163 Å². The van der Waals surface area contributed by atoms with Crippen molar-refractivity contribution in [2.24, 2.45) is 5.73 Å². The normalized spacial score (nSPS) is 10.9. The fourth-order valence-corrected chi connectivity index (χ4v) is 3.73. The quantitative estimate of drug-likeness (QED) is 0.463. The SMILES string of the molecule is NC(=O)c1nnc(CNC(=O)Cc2nc3ccc(-c4ccccc4)cc3s2)[nH]1. The van der Waals surface area contributed by atoms with E-state index in [2.05, 4.69) is 43.7 Å². The van der Waals surface area contributed by atoms with Crippen LogP contribution in [-0.2, 0) is 17.8 Å². The fraction of sp³-hybridized carbons (Fsp3) is 0.105. The van der Waals surface area contributed by atoms with E-state index in [9.17, 15) is 9.59 Å². The van der Waals surface area contributed by atoms with Gasteiger partial charge < -0.3 is 16.0 Å². The smallest absolute Gasteiger partial charge is 0.286 e. The molecule has 2 aromatic carbocycles. The van der Waals surface area contributed by atoms with E-state index in [0.29, 0.717) is 5.82 Å². The highest BCUT2D eigenvalue weighted by atomic mass is 32.1. The molecule has 28 heavy (non-hydrogen) atoms. The lowest BCUT2D eigenvalue weighted by Gasteiger charge is -2.00. The maximum atomic E-state index is 12.2. The molecule has 0 spiro atoms. The summed E-state index contributed by atoms with van der Waals surface area (Å²) in [5.74, 6) is -0.572. The maximum absolute atomic E-state index is 12.2. The van der Waals surface area contributed by atoms with Gasteiger partial charge in [-0.25, -0.2) is 4.98 Å². The lowest BCUT2D eigenvalue weighted by Crippen LogP contribution is -2.25. The number of primary amides is 1. The second-order valence-electron chi connectivity index (χ2n) is 6.09. The fourth-order valence-electron chi connectivity index (χ4n) is 2.73. The van der Waals surface area contributed by atoms with E-state index in [-0.39, 0.29) is 24.7 Å². The van der Waals surface area contributed by atoms with Crippen molar-refractivity contribution in [3.63, 3.8) is 0 Å².